The van der Waals surface area contributed by atoms with Crippen LogP contribution in [-0.2, 0) is 4.79 Å². The molecule has 2 aliphatic rings. The molecule has 2 amide bonds. The minimum atomic E-state index is -0.381. The zero-order valence-corrected chi connectivity index (χ0v) is 16.0. The van der Waals surface area contributed by atoms with Gasteiger partial charge >= 0.3 is 0 Å². The van der Waals surface area contributed by atoms with Crippen molar-refractivity contribution in [3.8, 4) is 11.5 Å². The first-order chi connectivity index (χ1) is 14.1. The van der Waals surface area contributed by atoms with Crippen molar-refractivity contribution in [3.63, 3.8) is 0 Å². The molecule has 7 heteroatoms. The molecule has 6 nitrogen and oxygen atoms in total. The Bertz CT molecular complexity index is 887. The average molecular weight is 398 g/mol. The van der Waals surface area contributed by atoms with Crippen molar-refractivity contribution in [3.05, 3.63) is 59.9 Å². The summed E-state index contributed by atoms with van der Waals surface area (Å²) in [6.07, 6.45) is 1.22. The fourth-order valence-electron chi connectivity index (χ4n) is 3.67. The number of likely N-dealkylation sites (tertiary alicyclic amines) is 1. The van der Waals surface area contributed by atoms with Crippen molar-refractivity contribution in [1.29, 1.82) is 0 Å². The van der Waals surface area contributed by atoms with Crippen LogP contribution in [0.1, 0.15) is 23.2 Å². The van der Waals surface area contributed by atoms with E-state index in [1.165, 1.54) is 24.3 Å². The van der Waals surface area contributed by atoms with Crippen LogP contribution in [0.2, 0.25) is 0 Å². The molecule has 0 saturated carbocycles. The number of carbonyl (C=O) groups is 2. The normalized spacial score (nSPS) is 20.8. The van der Waals surface area contributed by atoms with E-state index in [-0.39, 0.29) is 29.7 Å². The minimum Gasteiger partial charge on any atom is -0.486 e. The van der Waals surface area contributed by atoms with E-state index in [2.05, 4.69) is 5.32 Å². The molecule has 0 spiro atoms. The number of nitrogens with one attached hydrogen (secondary N) is 1. The summed E-state index contributed by atoms with van der Waals surface area (Å²) in [4.78, 5) is 26.9. The predicted molar refractivity (Wildman–Crippen MR) is 104 cm³/mol. The van der Waals surface area contributed by atoms with Gasteiger partial charge in [0.25, 0.3) is 5.91 Å². The van der Waals surface area contributed by atoms with Gasteiger partial charge in [0, 0.05) is 18.7 Å². The maximum atomic E-state index is 13.1. The molecular formula is C22H23FN2O4. The quantitative estimate of drug-likeness (QED) is 0.860. The highest BCUT2D eigenvalue weighted by Crippen LogP contribution is 2.30. The fourth-order valence-corrected chi connectivity index (χ4v) is 3.67. The van der Waals surface area contributed by atoms with E-state index in [1.807, 2.05) is 24.3 Å². The number of para-hydroxylation sites is 2. The summed E-state index contributed by atoms with van der Waals surface area (Å²) in [6.45, 7) is 1.66. The highest BCUT2D eigenvalue weighted by Gasteiger charge is 2.30. The van der Waals surface area contributed by atoms with Crippen LogP contribution in [0.5, 0.6) is 11.5 Å². The highest BCUT2D eigenvalue weighted by molar-refractivity contribution is 5.94. The van der Waals surface area contributed by atoms with E-state index >= 15 is 0 Å². The molecule has 0 radical (unpaired) electrons. The van der Waals surface area contributed by atoms with Crippen molar-refractivity contribution in [2.45, 2.75) is 18.9 Å². The van der Waals surface area contributed by atoms with Crippen molar-refractivity contribution in [1.82, 2.24) is 10.2 Å². The molecule has 152 valence electrons. The average Bonchev–Trinajstić information content (AvgIpc) is 2.77. The van der Waals surface area contributed by atoms with E-state index in [1.54, 1.807) is 4.90 Å². The zero-order chi connectivity index (χ0) is 20.2. The van der Waals surface area contributed by atoms with Crippen LogP contribution >= 0.6 is 0 Å². The second-order valence-corrected chi connectivity index (χ2v) is 7.34. The van der Waals surface area contributed by atoms with Gasteiger partial charge in [-0.1, -0.05) is 12.1 Å². The first-order valence-electron chi connectivity index (χ1n) is 9.81. The van der Waals surface area contributed by atoms with E-state index in [0.29, 0.717) is 43.3 Å². The number of benzene rings is 2. The molecule has 2 aromatic rings. The molecule has 29 heavy (non-hydrogen) atoms. The minimum absolute atomic E-state index is 0.0935. The lowest BCUT2D eigenvalue weighted by Gasteiger charge is -2.33. The second kappa shape index (κ2) is 8.51. The van der Waals surface area contributed by atoms with E-state index in [0.717, 1.165) is 12.8 Å². The smallest absolute Gasteiger partial charge is 0.253 e. The zero-order valence-electron chi connectivity index (χ0n) is 16.0. The number of rotatable bonds is 4. The van der Waals surface area contributed by atoms with Crippen LogP contribution in [0.15, 0.2) is 48.5 Å². The monoisotopic (exact) mass is 398 g/mol. The number of amides is 2. The third-order valence-electron chi connectivity index (χ3n) is 5.24. The summed E-state index contributed by atoms with van der Waals surface area (Å²) >= 11 is 0. The molecule has 0 aromatic heterocycles. The Labute approximate surface area is 168 Å². The molecule has 0 aliphatic carbocycles. The molecule has 2 aromatic carbocycles. The Hall–Kier alpha value is -3.09. The second-order valence-electron chi connectivity index (χ2n) is 7.34. The van der Waals surface area contributed by atoms with E-state index in [9.17, 15) is 14.0 Å². The number of fused-ring (bicyclic) bond motifs is 1. The number of hydrogen-bond donors (Lipinski definition) is 1. The number of hydrogen-bond acceptors (Lipinski definition) is 4. The van der Waals surface area contributed by atoms with Gasteiger partial charge in [0.2, 0.25) is 5.91 Å². The van der Waals surface area contributed by atoms with Gasteiger partial charge in [0.1, 0.15) is 18.5 Å². The Morgan fingerprint density at radius 2 is 1.86 bits per heavy atom. The molecule has 2 heterocycles. The fraction of sp³-hybridized carbons (Fsp3) is 0.364. The highest BCUT2D eigenvalue weighted by atomic mass is 19.1. The van der Waals surface area contributed by atoms with Crippen LogP contribution in [0.25, 0.3) is 0 Å². The Kier molecular flexibility index (Phi) is 5.64. The first kappa shape index (κ1) is 19.2. The molecule has 2 aliphatic heterocycles. The van der Waals surface area contributed by atoms with E-state index in [4.69, 9.17) is 9.47 Å². The molecule has 2 atom stereocenters. The summed E-state index contributed by atoms with van der Waals surface area (Å²) in [5, 5.41) is 2.93. The van der Waals surface area contributed by atoms with Crippen LogP contribution in [-0.4, -0.2) is 49.1 Å². The molecule has 0 bridgehead atoms. The topological polar surface area (TPSA) is 67.9 Å². The lowest BCUT2D eigenvalue weighted by molar-refractivity contribution is -0.126. The lowest BCUT2D eigenvalue weighted by atomic mass is 9.96. The van der Waals surface area contributed by atoms with Crippen molar-refractivity contribution in [2.75, 3.05) is 26.2 Å². The molecule has 4 rings (SSSR count). The largest absolute Gasteiger partial charge is 0.486 e. The number of halogens is 1. The molecule has 0 unspecified atom stereocenters. The number of nitrogens with zero attached hydrogens (tertiary/aromatic N) is 1. The molecule has 1 fully saturated rings. The molecular weight excluding hydrogens is 375 g/mol. The third kappa shape index (κ3) is 4.50. The first-order valence-corrected chi connectivity index (χ1v) is 9.81. The summed E-state index contributed by atoms with van der Waals surface area (Å²) < 4.78 is 24.6. The van der Waals surface area contributed by atoms with Gasteiger partial charge in [-0.2, -0.15) is 0 Å². The van der Waals surface area contributed by atoms with Crippen molar-refractivity contribution < 1.29 is 23.5 Å². The van der Waals surface area contributed by atoms with Gasteiger partial charge in [-0.05, 0) is 49.2 Å². The predicted octanol–water partition coefficient (Wildman–Crippen LogP) is 2.63. The van der Waals surface area contributed by atoms with Gasteiger partial charge in [-0.15, -0.1) is 0 Å². The van der Waals surface area contributed by atoms with Crippen LogP contribution < -0.4 is 14.8 Å². The van der Waals surface area contributed by atoms with Gasteiger partial charge in [-0.25, -0.2) is 4.39 Å². The van der Waals surface area contributed by atoms with Crippen LogP contribution in [0.3, 0.4) is 0 Å². The Morgan fingerprint density at radius 1 is 1.10 bits per heavy atom. The summed E-state index contributed by atoms with van der Waals surface area (Å²) in [5.41, 5.74) is 0.430. The van der Waals surface area contributed by atoms with Gasteiger partial charge < -0.3 is 19.7 Å². The Balaban J connectivity index is 1.30. The number of piperidine rings is 1. The van der Waals surface area contributed by atoms with Crippen molar-refractivity contribution >= 4 is 11.8 Å². The van der Waals surface area contributed by atoms with Gasteiger partial charge in [0.05, 0.1) is 12.5 Å². The summed E-state index contributed by atoms with van der Waals surface area (Å²) in [7, 11) is 0. The SMILES string of the molecule is O=C(NC[C@@H]1COc2ccccc2O1)[C@@H]1CCCN(C(=O)c2ccc(F)cc2)C1. The van der Waals surface area contributed by atoms with Crippen molar-refractivity contribution in [2.24, 2.45) is 5.92 Å². The molecule has 1 N–H and O–H groups in total. The van der Waals surface area contributed by atoms with Gasteiger partial charge in [-0.3, -0.25) is 9.59 Å². The number of carbonyl (C=O) groups excluding carboxylic acids is 2. The maximum Gasteiger partial charge on any atom is 0.253 e. The van der Waals surface area contributed by atoms with E-state index < -0.39 is 0 Å². The Morgan fingerprint density at radius 3 is 2.66 bits per heavy atom. The lowest BCUT2D eigenvalue weighted by Crippen LogP contribution is -2.48. The third-order valence-corrected chi connectivity index (χ3v) is 5.24. The van der Waals surface area contributed by atoms with Crippen LogP contribution in [0.4, 0.5) is 4.39 Å². The standard InChI is InChI=1S/C22H23FN2O4/c23-17-9-7-15(8-10-17)22(27)25-11-3-4-16(13-25)21(26)24-12-18-14-28-19-5-1-2-6-20(19)29-18/h1-2,5-10,16,18H,3-4,11-14H2,(H,24,26)/t16-,18-/m1/s1. The summed E-state index contributed by atoms with van der Waals surface area (Å²) in [6, 6.07) is 12.9. The number of ether oxygens (including phenoxy) is 2. The van der Waals surface area contributed by atoms with Gasteiger partial charge in [0.15, 0.2) is 11.5 Å². The maximum absolute atomic E-state index is 13.1. The summed E-state index contributed by atoms with van der Waals surface area (Å²) in [5.74, 6) is 0.454. The molecule has 1 saturated heterocycles. The van der Waals surface area contributed by atoms with Crippen LogP contribution in [0, 0.1) is 11.7 Å².